The Hall–Kier alpha value is -2.74. The summed E-state index contributed by atoms with van der Waals surface area (Å²) in [7, 11) is 3.54. The first-order valence-corrected chi connectivity index (χ1v) is 6.57. The number of aliphatic hydroxyl groups is 1. The molecule has 8 heteroatoms. The van der Waals surface area contributed by atoms with Crippen LogP contribution in [-0.4, -0.2) is 60.3 Å². The molecule has 0 unspecified atom stereocenters. The molecule has 0 bridgehead atoms. The fourth-order valence-electron chi connectivity index (χ4n) is 2.15. The number of amides is 1. The van der Waals surface area contributed by atoms with Gasteiger partial charge in [0.1, 0.15) is 0 Å². The number of rotatable bonds is 6. The number of pyridine rings is 1. The van der Waals surface area contributed by atoms with Gasteiger partial charge in [0.05, 0.1) is 29.6 Å². The van der Waals surface area contributed by atoms with Gasteiger partial charge >= 0.3 is 0 Å². The van der Waals surface area contributed by atoms with Crippen molar-refractivity contribution in [1.29, 1.82) is 0 Å². The van der Waals surface area contributed by atoms with E-state index in [1.165, 1.54) is 12.4 Å². The normalized spacial score (nSPS) is 10.5. The number of fused-ring (bicyclic) bond motifs is 1. The highest BCUT2D eigenvalue weighted by Gasteiger charge is 2.21. The van der Waals surface area contributed by atoms with Crippen molar-refractivity contribution in [1.82, 2.24) is 15.3 Å². The zero-order chi connectivity index (χ0) is 16.3. The Morgan fingerprint density at radius 2 is 2.18 bits per heavy atom. The fourth-order valence-corrected chi connectivity index (χ4v) is 2.15. The van der Waals surface area contributed by atoms with Crippen LogP contribution in [0.25, 0.3) is 10.9 Å². The number of nitrogens with zero attached hydrogens (tertiary/aromatic N) is 2. The van der Waals surface area contributed by atoms with Crippen LogP contribution in [0.15, 0.2) is 12.4 Å². The Morgan fingerprint density at radius 1 is 1.45 bits per heavy atom. The summed E-state index contributed by atoms with van der Waals surface area (Å²) in [5, 5.41) is 11.7. The predicted octanol–water partition coefficient (Wildman–Crippen LogP) is -0.267. The van der Waals surface area contributed by atoms with Gasteiger partial charge in [-0.05, 0) is 0 Å². The lowest BCUT2D eigenvalue weighted by Gasteiger charge is -2.15. The summed E-state index contributed by atoms with van der Waals surface area (Å²) in [6, 6.07) is 0. The molecular weight excluding hydrogens is 288 g/mol. The van der Waals surface area contributed by atoms with Crippen LogP contribution in [0.2, 0.25) is 0 Å². The van der Waals surface area contributed by atoms with E-state index in [0.29, 0.717) is 16.6 Å². The van der Waals surface area contributed by atoms with Crippen LogP contribution in [0, 0.1) is 0 Å². The highest BCUT2D eigenvalue weighted by Crippen LogP contribution is 2.30. The van der Waals surface area contributed by atoms with E-state index in [2.05, 4.69) is 15.3 Å². The molecule has 0 saturated heterocycles. The predicted molar refractivity (Wildman–Crippen MR) is 80.2 cm³/mol. The SMILES string of the molecule is CN(C)c1cnc(C(=O)NCCO)c2[nH]cc(C(=O)C=O)c12. The van der Waals surface area contributed by atoms with E-state index >= 15 is 0 Å². The van der Waals surface area contributed by atoms with Gasteiger partial charge in [0.2, 0.25) is 5.78 Å². The first-order valence-electron chi connectivity index (χ1n) is 6.57. The molecule has 0 atom stereocenters. The van der Waals surface area contributed by atoms with Crippen LogP contribution in [0.4, 0.5) is 5.69 Å². The van der Waals surface area contributed by atoms with E-state index < -0.39 is 11.7 Å². The minimum absolute atomic E-state index is 0.0955. The highest BCUT2D eigenvalue weighted by molar-refractivity contribution is 6.37. The summed E-state index contributed by atoms with van der Waals surface area (Å²) in [6.45, 7) is -0.0947. The number of Topliss-reactive ketones (excluding diaryl/α,β-unsaturated/α-hetero) is 1. The molecule has 0 saturated carbocycles. The average molecular weight is 304 g/mol. The van der Waals surface area contributed by atoms with Crippen molar-refractivity contribution in [3.63, 3.8) is 0 Å². The minimum Gasteiger partial charge on any atom is -0.395 e. The molecule has 2 aromatic heterocycles. The lowest BCUT2D eigenvalue weighted by molar-refractivity contribution is -0.104. The number of H-pyrrole nitrogens is 1. The van der Waals surface area contributed by atoms with Crippen molar-refractivity contribution in [2.45, 2.75) is 0 Å². The van der Waals surface area contributed by atoms with Gasteiger partial charge in [-0.25, -0.2) is 4.98 Å². The van der Waals surface area contributed by atoms with Crippen molar-refractivity contribution < 1.29 is 19.5 Å². The molecule has 0 aliphatic rings. The number of carbonyl (C=O) groups excluding carboxylic acids is 3. The molecule has 0 spiro atoms. The number of hydrogen-bond donors (Lipinski definition) is 3. The molecule has 0 aliphatic carbocycles. The minimum atomic E-state index is -0.678. The van der Waals surface area contributed by atoms with Crippen molar-refractivity contribution in [3.05, 3.63) is 23.7 Å². The molecule has 0 aliphatic heterocycles. The van der Waals surface area contributed by atoms with Crippen LogP contribution >= 0.6 is 0 Å². The number of aromatic nitrogens is 2. The Kier molecular flexibility index (Phi) is 4.52. The van der Waals surface area contributed by atoms with Gasteiger partial charge in [-0.15, -0.1) is 0 Å². The molecule has 2 heterocycles. The van der Waals surface area contributed by atoms with Gasteiger partial charge in [-0.2, -0.15) is 0 Å². The maximum absolute atomic E-state index is 12.1. The molecule has 8 nitrogen and oxygen atoms in total. The number of aliphatic hydroxyl groups excluding tert-OH is 1. The second-order valence-corrected chi connectivity index (χ2v) is 4.80. The highest BCUT2D eigenvalue weighted by atomic mass is 16.3. The number of ketones is 1. The molecule has 0 radical (unpaired) electrons. The number of nitrogens with one attached hydrogen (secondary N) is 2. The van der Waals surface area contributed by atoms with E-state index in [0.717, 1.165) is 0 Å². The Morgan fingerprint density at radius 3 is 2.77 bits per heavy atom. The molecule has 3 N–H and O–H groups in total. The van der Waals surface area contributed by atoms with Crippen LogP contribution in [0.5, 0.6) is 0 Å². The molecule has 1 amide bonds. The monoisotopic (exact) mass is 304 g/mol. The van der Waals surface area contributed by atoms with Crippen molar-refractivity contribution in [2.24, 2.45) is 0 Å². The lowest BCUT2D eigenvalue weighted by Crippen LogP contribution is -2.27. The second-order valence-electron chi connectivity index (χ2n) is 4.80. The third kappa shape index (κ3) is 2.68. The Balaban J connectivity index is 2.65. The lowest BCUT2D eigenvalue weighted by atomic mass is 10.1. The standard InChI is InChI=1S/C14H16N4O4/c1-18(2)9-6-17-13(14(22)15-3-4-19)12-11(9)8(5-16-12)10(21)7-20/h5-7,16,19H,3-4H2,1-2H3,(H,15,22). The second kappa shape index (κ2) is 6.35. The summed E-state index contributed by atoms with van der Waals surface area (Å²) < 4.78 is 0. The molecule has 2 aromatic rings. The Labute approximate surface area is 126 Å². The van der Waals surface area contributed by atoms with Crippen LogP contribution in [0.3, 0.4) is 0 Å². The van der Waals surface area contributed by atoms with Crippen LogP contribution in [0.1, 0.15) is 20.8 Å². The molecular formula is C14H16N4O4. The van der Waals surface area contributed by atoms with Crippen LogP contribution < -0.4 is 10.2 Å². The van der Waals surface area contributed by atoms with Gasteiger partial charge in [0.15, 0.2) is 12.0 Å². The van der Waals surface area contributed by atoms with E-state index in [9.17, 15) is 14.4 Å². The van der Waals surface area contributed by atoms with Gasteiger partial charge in [-0.3, -0.25) is 14.4 Å². The number of hydrogen-bond acceptors (Lipinski definition) is 6. The van der Waals surface area contributed by atoms with Crippen molar-refractivity contribution in [2.75, 3.05) is 32.1 Å². The molecule has 22 heavy (non-hydrogen) atoms. The molecule has 116 valence electrons. The van der Waals surface area contributed by atoms with Gasteiger partial charge < -0.3 is 20.3 Å². The average Bonchev–Trinajstić information content (AvgIpc) is 2.95. The first-order chi connectivity index (χ1) is 10.5. The van der Waals surface area contributed by atoms with Crippen LogP contribution in [-0.2, 0) is 4.79 Å². The molecule has 2 rings (SSSR count). The Bertz CT molecular complexity index is 736. The topological polar surface area (TPSA) is 115 Å². The number of carbonyl (C=O) groups is 3. The van der Waals surface area contributed by atoms with Gasteiger partial charge in [0, 0.05) is 32.2 Å². The van der Waals surface area contributed by atoms with E-state index in [1.807, 2.05) is 0 Å². The quantitative estimate of drug-likeness (QED) is 0.384. The van der Waals surface area contributed by atoms with Gasteiger partial charge in [0.25, 0.3) is 5.91 Å². The van der Waals surface area contributed by atoms with E-state index in [-0.39, 0.29) is 30.7 Å². The third-order valence-corrected chi connectivity index (χ3v) is 3.16. The largest absolute Gasteiger partial charge is 0.395 e. The summed E-state index contributed by atoms with van der Waals surface area (Å²) >= 11 is 0. The van der Waals surface area contributed by atoms with E-state index in [4.69, 9.17) is 5.11 Å². The zero-order valence-electron chi connectivity index (χ0n) is 12.2. The van der Waals surface area contributed by atoms with Crippen molar-refractivity contribution >= 4 is 34.6 Å². The number of aldehydes is 1. The fraction of sp³-hybridized carbons (Fsp3) is 0.286. The number of anilines is 1. The van der Waals surface area contributed by atoms with Gasteiger partial charge in [-0.1, -0.05) is 0 Å². The zero-order valence-corrected chi connectivity index (χ0v) is 12.2. The maximum atomic E-state index is 12.1. The first kappa shape index (κ1) is 15.6. The summed E-state index contributed by atoms with van der Waals surface area (Å²) in [4.78, 5) is 43.3. The summed E-state index contributed by atoms with van der Waals surface area (Å²) in [5.41, 5.74) is 1.26. The third-order valence-electron chi connectivity index (χ3n) is 3.16. The molecule has 0 aromatic carbocycles. The summed E-state index contributed by atoms with van der Waals surface area (Å²) in [6.07, 6.45) is 3.08. The smallest absolute Gasteiger partial charge is 0.272 e. The maximum Gasteiger partial charge on any atom is 0.272 e. The van der Waals surface area contributed by atoms with Crippen molar-refractivity contribution in [3.8, 4) is 0 Å². The number of aromatic amines is 1. The summed E-state index contributed by atoms with van der Waals surface area (Å²) in [5.74, 6) is -1.15. The molecule has 0 fully saturated rings. The van der Waals surface area contributed by atoms with E-state index in [1.54, 1.807) is 19.0 Å².